The summed E-state index contributed by atoms with van der Waals surface area (Å²) < 4.78 is 29.1. The van der Waals surface area contributed by atoms with Crippen molar-refractivity contribution in [2.45, 2.75) is 57.2 Å². The van der Waals surface area contributed by atoms with Crippen LogP contribution >= 0.6 is 23.2 Å². The van der Waals surface area contributed by atoms with Gasteiger partial charge in [-0.25, -0.2) is 18.3 Å². The quantitative estimate of drug-likeness (QED) is 0.350. The molecule has 0 aliphatic rings. The highest BCUT2D eigenvalue weighted by Gasteiger charge is 2.34. The summed E-state index contributed by atoms with van der Waals surface area (Å²) in [5.41, 5.74) is 0.497. The Morgan fingerprint density at radius 1 is 1.14 bits per heavy atom. The third-order valence-corrected chi connectivity index (χ3v) is 6.33. The fourth-order valence-electron chi connectivity index (χ4n) is 3.77. The van der Waals surface area contributed by atoms with E-state index in [4.69, 9.17) is 23.2 Å². The van der Waals surface area contributed by atoms with Gasteiger partial charge in [-0.3, -0.25) is 9.36 Å². The van der Waals surface area contributed by atoms with E-state index in [2.05, 4.69) is 5.10 Å². The van der Waals surface area contributed by atoms with Crippen LogP contribution in [-0.2, 0) is 17.9 Å². The van der Waals surface area contributed by atoms with Gasteiger partial charge in [-0.05, 0) is 54.8 Å². The van der Waals surface area contributed by atoms with E-state index in [1.807, 2.05) is 6.07 Å². The summed E-state index contributed by atoms with van der Waals surface area (Å²) in [6, 6.07) is 13.4. The van der Waals surface area contributed by atoms with Crippen LogP contribution in [0, 0.1) is 0 Å². The van der Waals surface area contributed by atoms with Gasteiger partial charge in [0.15, 0.2) is 11.6 Å². The van der Waals surface area contributed by atoms with Crippen LogP contribution in [0.1, 0.15) is 37.7 Å². The molecule has 2 aromatic carbocycles. The molecule has 194 valence electrons. The van der Waals surface area contributed by atoms with E-state index in [0.29, 0.717) is 35.4 Å². The van der Waals surface area contributed by atoms with Crippen LogP contribution in [-0.4, -0.2) is 49.0 Å². The molecule has 11 heteroatoms. The van der Waals surface area contributed by atoms with Crippen molar-refractivity contribution in [3.63, 3.8) is 0 Å². The standard InChI is InChI=1S/C25H27Cl2F2N3O4/c1-25(28,29)22(35)14-31-23(16-8-10-19(26)11-9-16)30-32(24(31)36)13-21(34)7-3-5-18(15-33)17-4-2-6-20(27)12-17/h2,4,6,8-12,18,22,33,35H,3,5,7,13-15H2,1H3. The molecule has 0 fully saturated rings. The molecule has 3 rings (SSSR count). The Balaban J connectivity index is 1.74. The molecule has 0 aliphatic carbocycles. The van der Waals surface area contributed by atoms with Crippen molar-refractivity contribution in [3.05, 3.63) is 74.6 Å². The smallest absolute Gasteiger partial charge is 0.346 e. The fourth-order valence-corrected chi connectivity index (χ4v) is 4.09. The number of Topliss-reactive ketones (excluding diaryl/α,β-unsaturated/α-hetero) is 1. The first-order valence-corrected chi connectivity index (χ1v) is 12.1. The summed E-state index contributed by atoms with van der Waals surface area (Å²) in [4.78, 5) is 25.6. The summed E-state index contributed by atoms with van der Waals surface area (Å²) in [7, 11) is 0. The number of carbonyl (C=O) groups is 1. The van der Waals surface area contributed by atoms with E-state index in [0.717, 1.165) is 14.8 Å². The van der Waals surface area contributed by atoms with Gasteiger partial charge >= 0.3 is 5.69 Å². The molecule has 0 saturated heterocycles. The van der Waals surface area contributed by atoms with Crippen molar-refractivity contribution in [1.82, 2.24) is 14.3 Å². The topological polar surface area (TPSA) is 97.3 Å². The molecular weight excluding hydrogens is 515 g/mol. The average molecular weight is 542 g/mol. The number of alkyl halides is 2. The monoisotopic (exact) mass is 541 g/mol. The molecule has 2 unspecified atom stereocenters. The lowest BCUT2D eigenvalue weighted by atomic mass is 9.94. The Morgan fingerprint density at radius 3 is 2.44 bits per heavy atom. The van der Waals surface area contributed by atoms with E-state index in [9.17, 15) is 28.6 Å². The van der Waals surface area contributed by atoms with Gasteiger partial charge in [0, 0.05) is 41.5 Å². The zero-order valence-corrected chi connectivity index (χ0v) is 21.1. The number of rotatable bonds is 12. The van der Waals surface area contributed by atoms with Crippen molar-refractivity contribution in [2.75, 3.05) is 6.61 Å². The Labute approximate surface area is 216 Å². The number of aromatic nitrogens is 3. The highest BCUT2D eigenvalue weighted by molar-refractivity contribution is 6.30. The highest BCUT2D eigenvalue weighted by atomic mass is 35.5. The molecule has 0 radical (unpaired) electrons. The van der Waals surface area contributed by atoms with Gasteiger partial charge in [0.25, 0.3) is 5.92 Å². The van der Waals surface area contributed by atoms with Crippen LogP contribution in [0.2, 0.25) is 10.0 Å². The summed E-state index contributed by atoms with van der Waals surface area (Å²) in [5, 5.41) is 24.8. The van der Waals surface area contributed by atoms with Gasteiger partial charge in [0.05, 0.1) is 6.54 Å². The summed E-state index contributed by atoms with van der Waals surface area (Å²) >= 11 is 11.9. The number of halogens is 4. The van der Waals surface area contributed by atoms with Crippen LogP contribution in [0.3, 0.4) is 0 Å². The van der Waals surface area contributed by atoms with Crippen molar-refractivity contribution in [3.8, 4) is 11.4 Å². The number of aliphatic hydroxyl groups is 2. The number of ketones is 1. The predicted octanol–water partition coefficient (Wildman–Crippen LogP) is 4.55. The number of benzene rings is 2. The Morgan fingerprint density at radius 2 is 1.83 bits per heavy atom. The molecule has 0 saturated carbocycles. The van der Waals surface area contributed by atoms with Crippen LogP contribution in [0.4, 0.5) is 8.78 Å². The molecule has 2 N–H and O–H groups in total. The molecule has 7 nitrogen and oxygen atoms in total. The highest BCUT2D eigenvalue weighted by Crippen LogP contribution is 2.25. The second-order valence-corrected chi connectivity index (χ2v) is 9.59. The zero-order valence-electron chi connectivity index (χ0n) is 19.6. The number of hydrogen-bond donors (Lipinski definition) is 2. The molecular formula is C25H27Cl2F2N3O4. The normalized spacial score (nSPS) is 13.5. The molecule has 0 bridgehead atoms. The van der Waals surface area contributed by atoms with Gasteiger partial charge in [-0.1, -0.05) is 35.3 Å². The molecule has 1 aromatic heterocycles. The molecule has 2 atom stereocenters. The predicted molar refractivity (Wildman–Crippen MR) is 134 cm³/mol. The molecule has 0 amide bonds. The van der Waals surface area contributed by atoms with Gasteiger partial charge in [-0.15, -0.1) is 5.10 Å². The van der Waals surface area contributed by atoms with Crippen molar-refractivity contribution < 1.29 is 23.8 Å². The van der Waals surface area contributed by atoms with Crippen LogP contribution in [0.15, 0.2) is 53.3 Å². The molecule has 1 heterocycles. The molecule has 0 aliphatic heterocycles. The number of aliphatic hydroxyl groups excluding tert-OH is 2. The van der Waals surface area contributed by atoms with E-state index >= 15 is 0 Å². The lowest BCUT2D eigenvalue weighted by Crippen LogP contribution is -2.38. The Kier molecular flexibility index (Phi) is 9.41. The van der Waals surface area contributed by atoms with E-state index in [-0.39, 0.29) is 37.1 Å². The number of nitrogens with zero attached hydrogens (tertiary/aromatic N) is 3. The lowest BCUT2D eigenvalue weighted by Gasteiger charge is -2.18. The van der Waals surface area contributed by atoms with Crippen LogP contribution in [0.25, 0.3) is 11.4 Å². The van der Waals surface area contributed by atoms with Crippen LogP contribution in [0.5, 0.6) is 0 Å². The third-order valence-electron chi connectivity index (χ3n) is 5.84. The fraction of sp³-hybridized carbons (Fsp3) is 0.400. The maximum atomic E-state index is 13.6. The van der Waals surface area contributed by atoms with Gasteiger partial charge in [0.2, 0.25) is 0 Å². The minimum absolute atomic E-state index is 0.0362. The Bertz CT molecular complexity index is 1240. The van der Waals surface area contributed by atoms with Crippen LogP contribution < -0.4 is 5.69 Å². The van der Waals surface area contributed by atoms with E-state index in [1.54, 1.807) is 42.5 Å². The zero-order chi connectivity index (χ0) is 26.5. The SMILES string of the molecule is CC(F)(F)C(O)Cn1c(-c2ccc(Cl)cc2)nn(CC(=O)CCCC(CO)c2cccc(Cl)c2)c1=O. The van der Waals surface area contributed by atoms with Gasteiger partial charge in [0.1, 0.15) is 12.6 Å². The third kappa shape index (κ3) is 7.22. The minimum atomic E-state index is -3.44. The average Bonchev–Trinajstić information content (AvgIpc) is 3.11. The van der Waals surface area contributed by atoms with E-state index < -0.39 is 24.3 Å². The maximum absolute atomic E-state index is 13.6. The van der Waals surface area contributed by atoms with Crippen molar-refractivity contribution in [1.29, 1.82) is 0 Å². The second kappa shape index (κ2) is 12.1. The Hall–Kier alpha value is -2.59. The summed E-state index contributed by atoms with van der Waals surface area (Å²) in [5.74, 6) is -3.88. The molecule has 0 spiro atoms. The number of carbonyl (C=O) groups excluding carboxylic acids is 1. The van der Waals surface area contributed by atoms with E-state index in [1.165, 1.54) is 0 Å². The first-order chi connectivity index (χ1) is 17.0. The maximum Gasteiger partial charge on any atom is 0.346 e. The summed E-state index contributed by atoms with van der Waals surface area (Å²) in [6.07, 6.45) is -1.02. The van der Waals surface area contributed by atoms with Crippen molar-refractivity contribution >= 4 is 29.0 Å². The van der Waals surface area contributed by atoms with Gasteiger partial charge in [-0.2, -0.15) is 0 Å². The number of hydrogen-bond acceptors (Lipinski definition) is 5. The lowest BCUT2D eigenvalue weighted by molar-refractivity contribution is -0.120. The first kappa shape index (κ1) is 28.0. The molecule has 36 heavy (non-hydrogen) atoms. The summed E-state index contributed by atoms with van der Waals surface area (Å²) in [6.45, 7) is -0.604. The minimum Gasteiger partial charge on any atom is -0.396 e. The molecule has 3 aromatic rings. The van der Waals surface area contributed by atoms with Crippen molar-refractivity contribution in [2.24, 2.45) is 0 Å². The van der Waals surface area contributed by atoms with Gasteiger partial charge < -0.3 is 10.2 Å². The largest absolute Gasteiger partial charge is 0.396 e. The second-order valence-electron chi connectivity index (χ2n) is 8.72. The first-order valence-electron chi connectivity index (χ1n) is 11.4.